The molecule has 0 radical (unpaired) electrons. The molecule has 0 bridgehead atoms. The number of benzene rings is 3. The van der Waals surface area contributed by atoms with Gasteiger partial charge >= 0.3 is 0 Å². The lowest BCUT2D eigenvalue weighted by Crippen LogP contribution is -2.26. The van der Waals surface area contributed by atoms with Gasteiger partial charge in [-0.15, -0.1) is 0 Å². The average molecular weight is 415 g/mol. The fourth-order valence-electron chi connectivity index (χ4n) is 2.62. The zero-order chi connectivity index (χ0) is 20.1. The molecule has 3 rings (SSSR count). The normalized spacial score (nSPS) is 12.2. The molecule has 3 aromatic rings. The number of halogens is 1. The number of sulfonamides is 1. The van der Waals surface area contributed by atoms with E-state index in [4.69, 9.17) is 11.6 Å². The minimum absolute atomic E-state index is 0.0649. The molecule has 0 aliphatic carbocycles. The molecule has 0 aliphatic heterocycles. The zero-order valence-corrected chi connectivity index (χ0v) is 16.7. The maximum absolute atomic E-state index is 12.5. The minimum atomic E-state index is -3.76. The molecule has 0 fully saturated rings. The number of hydrogen-bond acceptors (Lipinski definition) is 3. The van der Waals surface area contributed by atoms with Gasteiger partial charge in [0.05, 0.1) is 10.9 Å². The molecule has 1 atom stereocenters. The van der Waals surface area contributed by atoms with Crippen LogP contribution in [0.15, 0.2) is 83.8 Å². The number of amides is 1. The van der Waals surface area contributed by atoms with Gasteiger partial charge in [-0.2, -0.15) is 0 Å². The second-order valence-electron chi connectivity index (χ2n) is 6.24. The summed E-state index contributed by atoms with van der Waals surface area (Å²) in [6.07, 6.45) is 0. The number of carbonyl (C=O) groups is 1. The predicted molar refractivity (Wildman–Crippen MR) is 111 cm³/mol. The van der Waals surface area contributed by atoms with Crippen LogP contribution < -0.4 is 10.0 Å². The third-order valence-electron chi connectivity index (χ3n) is 4.17. The lowest BCUT2D eigenvalue weighted by molar-refractivity contribution is 0.0940. The van der Waals surface area contributed by atoms with Crippen LogP contribution in [0.25, 0.3) is 0 Å². The van der Waals surface area contributed by atoms with Crippen molar-refractivity contribution in [2.75, 3.05) is 4.72 Å². The number of rotatable bonds is 6. The second-order valence-corrected chi connectivity index (χ2v) is 8.36. The summed E-state index contributed by atoms with van der Waals surface area (Å²) in [7, 11) is -3.76. The molecule has 28 heavy (non-hydrogen) atoms. The Labute approximate surface area is 169 Å². The van der Waals surface area contributed by atoms with Gasteiger partial charge in [-0.05, 0) is 61.0 Å². The third-order valence-corrected chi connectivity index (χ3v) is 5.82. The zero-order valence-electron chi connectivity index (χ0n) is 15.1. The van der Waals surface area contributed by atoms with Crippen LogP contribution in [0.5, 0.6) is 0 Å². The van der Waals surface area contributed by atoms with Crippen molar-refractivity contribution in [3.05, 3.63) is 95.0 Å². The van der Waals surface area contributed by atoms with E-state index in [0.717, 1.165) is 5.56 Å². The number of nitrogens with one attached hydrogen (secondary N) is 2. The SMILES string of the molecule is CC(NC(=O)c1ccc(S(=O)(=O)Nc2ccc(Cl)cc2)cc1)c1ccccc1. The first-order valence-corrected chi connectivity index (χ1v) is 10.5. The Hall–Kier alpha value is -2.83. The molecule has 0 aliphatic rings. The van der Waals surface area contributed by atoms with E-state index in [-0.39, 0.29) is 16.8 Å². The highest BCUT2D eigenvalue weighted by Gasteiger charge is 2.16. The first-order chi connectivity index (χ1) is 13.3. The maximum atomic E-state index is 12.5. The first-order valence-electron chi connectivity index (χ1n) is 8.59. The van der Waals surface area contributed by atoms with Crippen molar-refractivity contribution < 1.29 is 13.2 Å². The highest BCUT2D eigenvalue weighted by molar-refractivity contribution is 7.92. The molecular weight excluding hydrogens is 396 g/mol. The van der Waals surface area contributed by atoms with Crippen LogP contribution in [0.3, 0.4) is 0 Å². The molecule has 144 valence electrons. The topological polar surface area (TPSA) is 75.3 Å². The van der Waals surface area contributed by atoms with Gasteiger partial charge in [0.1, 0.15) is 0 Å². The second kappa shape index (κ2) is 8.46. The Bertz CT molecular complexity index is 1050. The van der Waals surface area contributed by atoms with E-state index in [0.29, 0.717) is 16.3 Å². The van der Waals surface area contributed by atoms with Crippen molar-refractivity contribution in [2.45, 2.75) is 17.9 Å². The predicted octanol–water partition coefficient (Wildman–Crippen LogP) is 4.63. The van der Waals surface area contributed by atoms with Gasteiger partial charge < -0.3 is 5.32 Å². The van der Waals surface area contributed by atoms with E-state index in [2.05, 4.69) is 10.0 Å². The summed E-state index contributed by atoms with van der Waals surface area (Å²) in [5.74, 6) is -0.272. The molecule has 1 amide bonds. The van der Waals surface area contributed by atoms with E-state index in [1.165, 1.54) is 24.3 Å². The first kappa shape index (κ1) is 19.9. The summed E-state index contributed by atoms with van der Waals surface area (Å²) < 4.78 is 27.4. The van der Waals surface area contributed by atoms with Gasteiger partial charge in [0.25, 0.3) is 15.9 Å². The Morgan fingerprint density at radius 1 is 0.893 bits per heavy atom. The van der Waals surface area contributed by atoms with Crippen LogP contribution in [-0.4, -0.2) is 14.3 Å². The van der Waals surface area contributed by atoms with Gasteiger partial charge in [0, 0.05) is 16.3 Å². The molecule has 0 saturated heterocycles. The number of hydrogen-bond donors (Lipinski definition) is 2. The highest BCUT2D eigenvalue weighted by atomic mass is 35.5. The number of anilines is 1. The number of carbonyl (C=O) groups excluding carboxylic acids is 1. The Morgan fingerprint density at radius 3 is 2.11 bits per heavy atom. The molecule has 0 saturated carbocycles. The van der Waals surface area contributed by atoms with Gasteiger partial charge in [0.2, 0.25) is 0 Å². The van der Waals surface area contributed by atoms with Crippen LogP contribution in [0.4, 0.5) is 5.69 Å². The van der Waals surface area contributed by atoms with Crippen molar-refractivity contribution in [3.63, 3.8) is 0 Å². The molecule has 1 unspecified atom stereocenters. The molecule has 0 spiro atoms. The molecule has 2 N–H and O–H groups in total. The van der Waals surface area contributed by atoms with Crippen LogP contribution in [0.2, 0.25) is 5.02 Å². The van der Waals surface area contributed by atoms with Crippen molar-refractivity contribution in [2.24, 2.45) is 0 Å². The van der Waals surface area contributed by atoms with Gasteiger partial charge in [-0.25, -0.2) is 8.42 Å². The Morgan fingerprint density at radius 2 is 1.50 bits per heavy atom. The van der Waals surface area contributed by atoms with E-state index in [9.17, 15) is 13.2 Å². The van der Waals surface area contributed by atoms with Gasteiger partial charge in [0.15, 0.2) is 0 Å². The quantitative estimate of drug-likeness (QED) is 0.617. The summed E-state index contributed by atoms with van der Waals surface area (Å²) >= 11 is 5.81. The van der Waals surface area contributed by atoms with Crippen LogP contribution in [-0.2, 0) is 10.0 Å². The average Bonchev–Trinajstić information content (AvgIpc) is 2.70. The molecule has 0 aromatic heterocycles. The standard InChI is InChI=1S/C21H19ClN2O3S/c1-15(16-5-3-2-4-6-16)23-21(25)17-7-13-20(14-8-17)28(26,27)24-19-11-9-18(22)10-12-19/h2-15,24H,1H3,(H,23,25). The fraction of sp³-hybridized carbons (Fsp3) is 0.0952. The summed E-state index contributed by atoms with van der Waals surface area (Å²) in [6, 6.07) is 21.6. The van der Waals surface area contributed by atoms with E-state index >= 15 is 0 Å². The molecular formula is C21H19ClN2O3S. The van der Waals surface area contributed by atoms with Gasteiger partial charge in [-0.3, -0.25) is 9.52 Å². The Balaban J connectivity index is 1.70. The van der Waals surface area contributed by atoms with Gasteiger partial charge in [-0.1, -0.05) is 41.9 Å². The van der Waals surface area contributed by atoms with Crippen LogP contribution in [0, 0.1) is 0 Å². The van der Waals surface area contributed by atoms with Crippen LogP contribution >= 0.6 is 11.6 Å². The maximum Gasteiger partial charge on any atom is 0.261 e. The fourth-order valence-corrected chi connectivity index (χ4v) is 3.81. The lowest BCUT2D eigenvalue weighted by Gasteiger charge is -2.14. The van der Waals surface area contributed by atoms with E-state index in [1.807, 2.05) is 37.3 Å². The molecule has 7 heteroatoms. The minimum Gasteiger partial charge on any atom is -0.346 e. The van der Waals surface area contributed by atoms with Crippen molar-refractivity contribution in [3.8, 4) is 0 Å². The van der Waals surface area contributed by atoms with E-state index in [1.54, 1.807) is 24.3 Å². The summed E-state index contributed by atoms with van der Waals surface area (Å²) in [5.41, 5.74) is 1.78. The summed E-state index contributed by atoms with van der Waals surface area (Å²) in [6.45, 7) is 1.89. The summed E-state index contributed by atoms with van der Waals surface area (Å²) in [4.78, 5) is 12.5. The van der Waals surface area contributed by atoms with E-state index < -0.39 is 10.0 Å². The largest absolute Gasteiger partial charge is 0.346 e. The molecule has 0 heterocycles. The highest BCUT2D eigenvalue weighted by Crippen LogP contribution is 2.19. The smallest absolute Gasteiger partial charge is 0.261 e. The van der Waals surface area contributed by atoms with Crippen molar-refractivity contribution >= 4 is 33.2 Å². The lowest BCUT2D eigenvalue weighted by atomic mass is 10.1. The summed E-state index contributed by atoms with van der Waals surface area (Å²) in [5, 5.41) is 3.42. The van der Waals surface area contributed by atoms with Crippen molar-refractivity contribution in [1.82, 2.24) is 5.32 Å². The monoisotopic (exact) mass is 414 g/mol. The molecule has 3 aromatic carbocycles. The van der Waals surface area contributed by atoms with Crippen LogP contribution in [0.1, 0.15) is 28.9 Å². The Kier molecular flexibility index (Phi) is 6.02. The third kappa shape index (κ3) is 4.91. The molecule has 5 nitrogen and oxygen atoms in total. The van der Waals surface area contributed by atoms with Crippen molar-refractivity contribution in [1.29, 1.82) is 0 Å².